The monoisotopic (exact) mass is 447 g/mol. The van der Waals surface area contributed by atoms with Crippen LogP contribution in [-0.2, 0) is 6.54 Å². The summed E-state index contributed by atoms with van der Waals surface area (Å²) in [5.41, 5.74) is 2.54. The molecule has 1 aliphatic rings. The van der Waals surface area contributed by atoms with E-state index in [1.54, 1.807) is 12.1 Å². The number of rotatable bonds is 5. The molecule has 1 amide bonds. The summed E-state index contributed by atoms with van der Waals surface area (Å²) in [5.74, 6) is 1.17. The third kappa shape index (κ3) is 4.44. The molecule has 5 rings (SSSR count). The van der Waals surface area contributed by atoms with Crippen LogP contribution in [-0.4, -0.2) is 56.6 Å². The maximum Gasteiger partial charge on any atom is 0.254 e. The molecule has 162 valence electrons. The summed E-state index contributed by atoms with van der Waals surface area (Å²) >= 11 is 5.94. The number of amides is 1. The Labute approximate surface area is 190 Å². The van der Waals surface area contributed by atoms with Crippen LogP contribution in [0.15, 0.2) is 77.6 Å². The summed E-state index contributed by atoms with van der Waals surface area (Å²) < 4.78 is 7.42. The van der Waals surface area contributed by atoms with Gasteiger partial charge in [0.2, 0.25) is 11.7 Å². The average molecular weight is 448 g/mol. The zero-order valence-corrected chi connectivity index (χ0v) is 18.2. The molecule has 32 heavy (non-hydrogen) atoms. The Bertz CT molecular complexity index is 1200. The fourth-order valence-electron chi connectivity index (χ4n) is 3.82. The fraction of sp³-hybridized carbons (Fsp3) is 0.208. The predicted molar refractivity (Wildman–Crippen MR) is 122 cm³/mol. The Morgan fingerprint density at radius 3 is 2.47 bits per heavy atom. The number of halogens is 1. The van der Waals surface area contributed by atoms with E-state index in [-0.39, 0.29) is 5.91 Å². The summed E-state index contributed by atoms with van der Waals surface area (Å²) in [6.45, 7) is 3.38. The first-order chi connectivity index (χ1) is 15.7. The van der Waals surface area contributed by atoms with Crippen molar-refractivity contribution in [3.05, 3.63) is 89.5 Å². The lowest BCUT2D eigenvalue weighted by Gasteiger charge is -2.34. The molecule has 3 heterocycles. The summed E-state index contributed by atoms with van der Waals surface area (Å²) in [7, 11) is 0. The lowest BCUT2D eigenvalue weighted by atomic mass is 10.1. The van der Waals surface area contributed by atoms with Crippen molar-refractivity contribution in [2.24, 2.45) is 0 Å². The van der Waals surface area contributed by atoms with Gasteiger partial charge in [-0.25, -0.2) is 0 Å². The van der Waals surface area contributed by atoms with Crippen LogP contribution in [0.3, 0.4) is 0 Å². The first kappa shape index (κ1) is 20.5. The minimum absolute atomic E-state index is 0.0569. The van der Waals surface area contributed by atoms with E-state index in [1.807, 2.05) is 70.4 Å². The Morgan fingerprint density at radius 2 is 1.72 bits per heavy atom. The molecular formula is C24H22ClN5O2. The third-order valence-corrected chi connectivity index (χ3v) is 5.84. The molecule has 1 saturated heterocycles. The van der Waals surface area contributed by atoms with Crippen molar-refractivity contribution in [1.82, 2.24) is 24.5 Å². The van der Waals surface area contributed by atoms with Gasteiger partial charge in [0.25, 0.3) is 5.91 Å². The summed E-state index contributed by atoms with van der Waals surface area (Å²) in [6, 6.07) is 19.0. The number of aromatic nitrogens is 3. The lowest BCUT2D eigenvalue weighted by molar-refractivity contribution is 0.0615. The normalized spacial score (nSPS) is 14.6. The third-order valence-electron chi connectivity index (χ3n) is 5.58. The van der Waals surface area contributed by atoms with Gasteiger partial charge in [-0.05, 0) is 54.6 Å². The van der Waals surface area contributed by atoms with E-state index in [4.69, 9.17) is 16.1 Å². The molecule has 0 bridgehead atoms. The highest BCUT2D eigenvalue weighted by atomic mass is 35.5. The first-order valence-electron chi connectivity index (χ1n) is 10.5. The molecule has 0 unspecified atom stereocenters. The van der Waals surface area contributed by atoms with Crippen LogP contribution >= 0.6 is 11.6 Å². The highest BCUT2D eigenvalue weighted by molar-refractivity contribution is 6.30. The van der Waals surface area contributed by atoms with Gasteiger partial charge < -0.3 is 14.0 Å². The number of benzene rings is 2. The van der Waals surface area contributed by atoms with Crippen LogP contribution in [0.4, 0.5) is 0 Å². The van der Waals surface area contributed by atoms with Crippen molar-refractivity contribution in [2.75, 3.05) is 26.2 Å². The molecule has 2 aromatic heterocycles. The van der Waals surface area contributed by atoms with E-state index in [2.05, 4.69) is 15.0 Å². The maximum atomic E-state index is 13.0. The summed E-state index contributed by atoms with van der Waals surface area (Å²) in [6.07, 6.45) is 3.94. The van der Waals surface area contributed by atoms with E-state index in [0.29, 0.717) is 41.9 Å². The second kappa shape index (κ2) is 8.98. The van der Waals surface area contributed by atoms with E-state index >= 15 is 0 Å². The van der Waals surface area contributed by atoms with Crippen LogP contribution < -0.4 is 0 Å². The van der Waals surface area contributed by atoms with Gasteiger partial charge in [-0.15, -0.1) is 0 Å². The largest absolute Gasteiger partial charge is 0.338 e. The van der Waals surface area contributed by atoms with Crippen LogP contribution in [0, 0.1) is 0 Å². The minimum atomic E-state index is 0.0569. The molecule has 4 aromatic rings. The van der Waals surface area contributed by atoms with Gasteiger partial charge in [0.1, 0.15) is 0 Å². The number of piperazine rings is 1. The van der Waals surface area contributed by atoms with E-state index in [1.165, 1.54) is 0 Å². The van der Waals surface area contributed by atoms with Gasteiger partial charge in [-0.3, -0.25) is 9.69 Å². The van der Waals surface area contributed by atoms with Gasteiger partial charge in [-0.1, -0.05) is 22.8 Å². The van der Waals surface area contributed by atoms with Gasteiger partial charge >= 0.3 is 0 Å². The number of carbonyl (C=O) groups excluding carboxylic acids is 1. The zero-order valence-electron chi connectivity index (χ0n) is 17.4. The Morgan fingerprint density at radius 1 is 0.969 bits per heavy atom. The van der Waals surface area contributed by atoms with Gasteiger partial charge in [-0.2, -0.15) is 4.98 Å². The first-order valence-corrected chi connectivity index (χ1v) is 10.9. The summed E-state index contributed by atoms with van der Waals surface area (Å²) in [4.78, 5) is 21.6. The highest BCUT2D eigenvalue weighted by Gasteiger charge is 2.23. The summed E-state index contributed by atoms with van der Waals surface area (Å²) in [5, 5.41) is 4.74. The second-order valence-electron chi connectivity index (χ2n) is 7.73. The lowest BCUT2D eigenvalue weighted by Crippen LogP contribution is -2.48. The smallest absolute Gasteiger partial charge is 0.254 e. The molecule has 1 fully saturated rings. The molecule has 0 aliphatic carbocycles. The molecule has 0 atom stereocenters. The zero-order chi connectivity index (χ0) is 21.9. The molecule has 0 radical (unpaired) electrons. The Kier molecular flexibility index (Phi) is 5.75. The predicted octanol–water partition coefficient (Wildman–Crippen LogP) is 4.14. The molecule has 2 aromatic carbocycles. The van der Waals surface area contributed by atoms with Crippen LogP contribution in [0.5, 0.6) is 0 Å². The van der Waals surface area contributed by atoms with E-state index < -0.39 is 0 Å². The van der Waals surface area contributed by atoms with Crippen LogP contribution in [0.2, 0.25) is 5.02 Å². The Balaban J connectivity index is 1.18. The fourth-order valence-corrected chi connectivity index (χ4v) is 3.95. The molecule has 7 nitrogen and oxygen atoms in total. The van der Waals surface area contributed by atoms with Gasteiger partial charge in [0, 0.05) is 60.4 Å². The topological polar surface area (TPSA) is 67.4 Å². The van der Waals surface area contributed by atoms with Crippen molar-refractivity contribution < 1.29 is 9.32 Å². The molecule has 0 N–H and O–H groups in total. The molecule has 8 heteroatoms. The average Bonchev–Trinajstić information content (AvgIpc) is 3.53. The van der Waals surface area contributed by atoms with Crippen LogP contribution in [0.25, 0.3) is 17.1 Å². The van der Waals surface area contributed by atoms with Crippen molar-refractivity contribution in [1.29, 1.82) is 0 Å². The standard InChI is InChI=1S/C24H22ClN5O2/c25-20-8-6-18(7-9-20)23-26-22(32-27-23)17-28-12-14-30(15-13-28)24(31)19-4-3-5-21(16-19)29-10-1-2-11-29/h1-11,16H,12-15,17H2. The van der Waals surface area contributed by atoms with E-state index in [9.17, 15) is 4.79 Å². The van der Waals surface area contributed by atoms with Gasteiger partial charge in [0.15, 0.2) is 0 Å². The molecule has 0 saturated carbocycles. The molecular weight excluding hydrogens is 426 g/mol. The van der Waals surface area contributed by atoms with E-state index in [0.717, 1.165) is 24.3 Å². The highest BCUT2D eigenvalue weighted by Crippen LogP contribution is 2.20. The van der Waals surface area contributed by atoms with Crippen molar-refractivity contribution in [3.8, 4) is 17.1 Å². The number of carbonyl (C=O) groups is 1. The minimum Gasteiger partial charge on any atom is -0.338 e. The molecule has 1 aliphatic heterocycles. The number of hydrogen-bond acceptors (Lipinski definition) is 5. The number of hydrogen-bond donors (Lipinski definition) is 0. The van der Waals surface area contributed by atoms with Crippen LogP contribution in [0.1, 0.15) is 16.2 Å². The quantitative estimate of drug-likeness (QED) is 0.460. The van der Waals surface area contributed by atoms with Crippen molar-refractivity contribution in [2.45, 2.75) is 6.54 Å². The Hall–Kier alpha value is -3.42. The van der Waals surface area contributed by atoms with Crippen molar-refractivity contribution in [3.63, 3.8) is 0 Å². The van der Waals surface area contributed by atoms with Crippen molar-refractivity contribution >= 4 is 17.5 Å². The SMILES string of the molecule is O=C(c1cccc(-n2cccc2)c1)N1CCN(Cc2nc(-c3ccc(Cl)cc3)no2)CC1. The number of nitrogens with zero attached hydrogens (tertiary/aromatic N) is 5. The maximum absolute atomic E-state index is 13.0. The second-order valence-corrected chi connectivity index (χ2v) is 8.16. The van der Waals surface area contributed by atoms with Gasteiger partial charge in [0.05, 0.1) is 6.54 Å². The molecule has 0 spiro atoms.